The van der Waals surface area contributed by atoms with Crippen molar-refractivity contribution < 1.29 is 14.5 Å². The summed E-state index contributed by atoms with van der Waals surface area (Å²) in [4.78, 5) is 35.9. The van der Waals surface area contributed by atoms with Crippen molar-refractivity contribution in [3.63, 3.8) is 0 Å². The second kappa shape index (κ2) is 5.88. The first kappa shape index (κ1) is 14.9. The lowest BCUT2D eigenvalue weighted by atomic mass is 10.00. The number of amides is 1. The first-order valence-corrected chi connectivity index (χ1v) is 6.53. The summed E-state index contributed by atoms with van der Waals surface area (Å²) in [7, 11) is 0. The fraction of sp³-hybridized carbons (Fsp3) is 0.385. The van der Waals surface area contributed by atoms with Crippen LogP contribution in [0.3, 0.4) is 0 Å². The minimum atomic E-state index is -0.648. The van der Waals surface area contributed by atoms with E-state index in [4.69, 9.17) is 11.5 Å². The highest BCUT2D eigenvalue weighted by molar-refractivity contribution is 6.06. The Hall–Kier alpha value is -2.48. The van der Waals surface area contributed by atoms with Gasteiger partial charge in [0.05, 0.1) is 17.5 Å². The van der Waals surface area contributed by atoms with Crippen LogP contribution in [0.15, 0.2) is 18.2 Å². The van der Waals surface area contributed by atoms with E-state index in [0.717, 1.165) is 6.07 Å². The van der Waals surface area contributed by atoms with E-state index in [9.17, 15) is 19.7 Å². The second-order valence-electron chi connectivity index (χ2n) is 4.84. The van der Waals surface area contributed by atoms with E-state index in [2.05, 4.69) is 0 Å². The Balaban J connectivity index is 2.33. The van der Waals surface area contributed by atoms with Crippen molar-refractivity contribution in [1.29, 1.82) is 0 Å². The molecule has 1 unspecified atom stereocenters. The van der Waals surface area contributed by atoms with Gasteiger partial charge in [-0.3, -0.25) is 19.7 Å². The first-order chi connectivity index (χ1) is 9.95. The zero-order chi connectivity index (χ0) is 15.6. The summed E-state index contributed by atoms with van der Waals surface area (Å²) in [6.07, 6.45) is 1.20. The van der Waals surface area contributed by atoms with E-state index < -0.39 is 11.0 Å². The number of benzene rings is 1. The van der Waals surface area contributed by atoms with Crippen molar-refractivity contribution >= 4 is 23.1 Å². The van der Waals surface area contributed by atoms with Gasteiger partial charge in [-0.1, -0.05) is 0 Å². The molecule has 1 saturated heterocycles. The van der Waals surface area contributed by atoms with Crippen molar-refractivity contribution in [1.82, 2.24) is 4.90 Å². The number of nitro groups is 1. The highest BCUT2D eigenvalue weighted by Gasteiger charge is 2.35. The van der Waals surface area contributed by atoms with Crippen molar-refractivity contribution in [3.8, 4) is 0 Å². The molecule has 8 heteroatoms. The van der Waals surface area contributed by atoms with Crippen LogP contribution in [0.4, 0.5) is 11.4 Å². The third-order valence-corrected chi connectivity index (χ3v) is 3.56. The fourth-order valence-electron chi connectivity index (χ4n) is 2.51. The van der Waals surface area contributed by atoms with Crippen LogP contribution < -0.4 is 11.5 Å². The molecule has 112 valence electrons. The number of carbonyl (C=O) groups excluding carboxylic acids is 2. The molecule has 0 bridgehead atoms. The van der Waals surface area contributed by atoms with E-state index in [1.165, 1.54) is 17.0 Å². The maximum atomic E-state index is 12.5. The Labute approximate surface area is 120 Å². The SMILES string of the molecule is NCC(=O)N1CCCC1C(=O)c1cc([N+](=O)[O-])ccc1N. The van der Waals surface area contributed by atoms with Crippen molar-refractivity contribution in [2.75, 3.05) is 18.8 Å². The van der Waals surface area contributed by atoms with Crippen molar-refractivity contribution in [2.45, 2.75) is 18.9 Å². The maximum Gasteiger partial charge on any atom is 0.270 e. The van der Waals surface area contributed by atoms with E-state index in [-0.39, 0.29) is 35.2 Å². The molecule has 0 aromatic heterocycles. The fourth-order valence-corrected chi connectivity index (χ4v) is 2.51. The normalized spacial score (nSPS) is 17.8. The van der Waals surface area contributed by atoms with Gasteiger partial charge < -0.3 is 16.4 Å². The van der Waals surface area contributed by atoms with Gasteiger partial charge in [-0.05, 0) is 18.9 Å². The van der Waals surface area contributed by atoms with Gasteiger partial charge >= 0.3 is 0 Å². The standard InChI is InChI=1S/C13H16N4O4/c14-7-12(18)16-5-1-2-11(16)13(19)9-6-8(17(20)21)3-4-10(9)15/h3-4,6,11H,1-2,5,7,14-15H2. The number of nitrogens with zero attached hydrogens (tertiary/aromatic N) is 2. The molecule has 4 N–H and O–H groups in total. The van der Waals surface area contributed by atoms with Crippen LogP contribution in [0.5, 0.6) is 0 Å². The number of anilines is 1. The van der Waals surface area contributed by atoms with Crippen molar-refractivity contribution in [3.05, 3.63) is 33.9 Å². The lowest BCUT2D eigenvalue weighted by molar-refractivity contribution is -0.384. The zero-order valence-electron chi connectivity index (χ0n) is 11.3. The third-order valence-electron chi connectivity index (χ3n) is 3.56. The molecule has 0 saturated carbocycles. The van der Waals surface area contributed by atoms with E-state index >= 15 is 0 Å². The molecule has 2 rings (SSSR count). The average molecular weight is 292 g/mol. The second-order valence-corrected chi connectivity index (χ2v) is 4.84. The van der Waals surface area contributed by atoms with Gasteiger partial charge in [0.25, 0.3) is 5.69 Å². The predicted octanol–water partition coefficient (Wildman–Crippen LogP) is 0.309. The number of nitro benzene ring substituents is 1. The molecule has 0 spiro atoms. The van der Waals surface area contributed by atoms with Crippen LogP contribution in [-0.2, 0) is 4.79 Å². The number of nitrogens with two attached hydrogens (primary N) is 2. The summed E-state index contributed by atoms with van der Waals surface area (Å²) in [5.74, 6) is -0.689. The lowest BCUT2D eigenvalue weighted by Crippen LogP contribution is -2.43. The monoisotopic (exact) mass is 292 g/mol. The van der Waals surface area contributed by atoms with Crippen molar-refractivity contribution in [2.24, 2.45) is 5.73 Å². The van der Waals surface area contributed by atoms with Crippen LogP contribution in [-0.4, -0.2) is 40.6 Å². The summed E-state index contributed by atoms with van der Waals surface area (Å²) in [6.45, 7) is 0.287. The topological polar surface area (TPSA) is 133 Å². The van der Waals surface area contributed by atoms with Gasteiger partial charge in [-0.2, -0.15) is 0 Å². The van der Waals surface area contributed by atoms with Crippen LogP contribution in [0.2, 0.25) is 0 Å². The summed E-state index contributed by atoms with van der Waals surface area (Å²) in [5, 5.41) is 10.8. The molecule has 1 aliphatic rings. The highest BCUT2D eigenvalue weighted by Crippen LogP contribution is 2.26. The van der Waals surface area contributed by atoms with Gasteiger partial charge in [0, 0.05) is 29.9 Å². The Bertz CT molecular complexity index is 602. The van der Waals surface area contributed by atoms with Crippen LogP contribution >= 0.6 is 0 Å². The molecule has 0 aliphatic carbocycles. The molecule has 1 fully saturated rings. The lowest BCUT2D eigenvalue weighted by Gasteiger charge is -2.23. The molecule has 0 radical (unpaired) electrons. The summed E-state index contributed by atoms with van der Waals surface area (Å²) in [5.41, 5.74) is 11.1. The number of nitrogen functional groups attached to an aromatic ring is 1. The highest BCUT2D eigenvalue weighted by atomic mass is 16.6. The molecular formula is C13H16N4O4. The number of carbonyl (C=O) groups is 2. The van der Waals surface area contributed by atoms with E-state index in [0.29, 0.717) is 19.4 Å². The Kier molecular flexibility index (Phi) is 4.18. The van der Waals surface area contributed by atoms with Gasteiger partial charge in [0.1, 0.15) is 0 Å². The molecule has 8 nitrogen and oxygen atoms in total. The third kappa shape index (κ3) is 2.84. The zero-order valence-corrected chi connectivity index (χ0v) is 11.3. The molecule has 21 heavy (non-hydrogen) atoms. The number of ketones is 1. The molecule has 1 aromatic carbocycles. The number of likely N-dealkylation sites (tertiary alicyclic amines) is 1. The number of hydrogen-bond acceptors (Lipinski definition) is 6. The number of rotatable bonds is 4. The maximum absolute atomic E-state index is 12.5. The van der Waals surface area contributed by atoms with Gasteiger partial charge in [-0.25, -0.2) is 0 Å². The summed E-state index contributed by atoms with van der Waals surface area (Å²) < 4.78 is 0. The first-order valence-electron chi connectivity index (χ1n) is 6.53. The predicted molar refractivity (Wildman–Crippen MR) is 75.6 cm³/mol. The molecule has 1 heterocycles. The van der Waals surface area contributed by atoms with Crippen LogP contribution in [0.25, 0.3) is 0 Å². The molecule has 1 amide bonds. The number of hydrogen-bond donors (Lipinski definition) is 2. The quantitative estimate of drug-likeness (QED) is 0.355. The minimum Gasteiger partial charge on any atom is -0.398 e. The summed E-state index contributed by atoms with van der Waals surface area (Å²) >= 11 is 0. The smallest absolute Gasteiger partial charge is 0.270 e. The number of Topliss-reactive ketones (excluding diaryl/α,β-unsaturated/α-hetero) is 1. The van der Waals surface area contributed by atoms with E-state index in [1.807, 2.05) is 0 Å². The Morgan fingerprint density at radius 2 is 2.14 bits per heavy atom. The largest absolute Gasteiger partial charge is 0.398 e. The van der Waals surface area contributed by atoms with Crippen LogP contribution in [0, 0.1) is 10.1 Å². The molecule has 1 aliphatic heterocycles. The number of non-ortho nitro benzene ring substituents is 1. The van der Waals surface area contributed by atoms with Gasteiger partial charge in [-0.15, -0.1) is 0 Å². The molecule has 1 atom stereocenters. The average Bonchev–Trinajstić information content (AvgIpc) is 2.95. The molecule has 1 aromatic rings. The van der Waals surface area contributed by atoms with Gasteiger partial charge in [0.2, 0.25) is 5.91 Å². The van der Waals surface area contributed by atoms with Crippen LogP contribution in [0.1, 0.15) is 23.2 Å². The van der Waals surface area contributed by atoms with Gasteiger partial charge in [0.15, 0.2) is 5.78 Å². The Morgan fingerprint density at radius 3 is 2.76 bits per heavy atom. The minimum absolute atomic E-state index is 0.0749. The van der Waals surface area contributed by atoms with E-state index in [1.54, 1.807) is 0 Å². The molecular weight excluding hydrogens is 276 g/mol. The summed E-state index contributed by atoms with van der Waals surface area (Å²) in [6, 6.07) is 3.07. The Morgan fingerprint density at radius 1 is 1.43 bits per heavy atom.